The van der Waals surface area contributed by atoms with Crippen molar-refractivity contribution in [1.29, 1.82) is 0 Å². The summed E-state index contributed by atoms with van der Waals surface area (Å²) in [6.07, 6.45) is 0.280. The van der Waals surface area contributed by atoms with Crippen LogP contribution in [0.25, 0.3) is 0 Å². The second kappa shape index (κ2) is 6.65. The van der Waals surface area contributed by atoms with Crippen molar-refractivity contribution in [2.24, 2.45) is 0 Å². The summed E-state index contributed by atoms with van der Waals surface area (Å²) in [6.45, 7) is 1.62. The maximum atomic E-state index is 13.4. The summed E-state index contributed by atoms with van der Waals surface area (Å²) >= 11 is 1.24. The number of halogens is 1. The van der Waals surface area contributed by atoms with E-state index in [1.165, 1.54) is 23.5 Å². The van der Waals surface area contributed by atoms with Crippen LogP contribution in [0, 0.1) is 12.7 Å². The van der Waals surface area contributed by atoms with Crippen LogP contribution in [0.5, 0.6) is 0 Å². The number of hydrogen-bond acceptors (Lipinski definition) is 4. The number of benzene rings is 1. The molecule has 0 atom stereocenters. The van der Waals surface area contributed by atoms with E-state index in [1.807, 2.05) is 0 Å². The van der Waals surface area contributed by atoms with Crippen LogP contribution in [0.4, 0.5) is 4.39 Å². The van der Waals surface area contributed by atoms with Gasteiger partial charge in [-0.1, -0.05) is 18.2 Å². The van der Waals surface area contributed by atoms with Gasteiger partial charge in [-0.2, -0.15) is 0 Å². The van der Waals surface area contributed by atoms with E-state index in [1.54, 1.807) is 25.1 Å². The lowest BCUT2D eigenvalue weighted by Gasteiger charge is -2.07. The molecular weight excluding hydrogens is 313 g/mol. The van der Waals surface area contributed by atoms with Crippen molar-refractivity contribution < 1.29 is 17.9 Å². The Kier molecular flexibility index (Phi) is 5.10. The molecule has 0 bridgehead atoms. The molecule has 0 spiro atoms. The van der Waals surface area contributed by atoms with Crippen LogP contribution in [-0.2, 0) is 23.1 Å². The molecule has 0 aliphatic carbocycles. The van der Waals surface area contributed by atoms with E-state index in [4.69, 9.17) is 5.11 Å². The zero-order valence-corrected chi connectivity index (χ0v) is 13.1. The Morgan fingerprint density at radius 3 is 2.67 bits per heavy atom. The number of aliphatic hydroxyl groups excluding tert-OH is 1. The predicted octanol–water partition coefficient (Wildman–Crippen LogP) is 2.21. The highest BCUT2D eigenvalue weighted by molar-refractivity contribution is 7.89. The van der Waals surface area contributed by atoms with Gasteiger partial charge in [-0.15, -0.1) is 11.3 Å². The predicted molar refractivity (Wildman–Crippen MR) is 80.3 cm³/mol. The van der Waals surface area contributed by atoms with Crippen molar-refractivity contribution >= 4 is 21.4 Å². The molecule has 0 aliphatic heterocycles. The van der Waals surface area contributed by atoms with Crippen molar-refractivity contribution in [3.8, 4) is 0 Å². The Hall–Kier alpha value is -1.28. The summed E-state index contributed by atoms with van der Waals surface area (Å²) in [6, 6.07) is 7.74. The van der Waals surface area contributed by atoms with E-state index < -0.39 is 10.0 Å². The maximum absolute atomic E-state index is 13.4. The van der Waals surface area contributed by atoms with Gasteiger partial charge in [0.15, 0.2) is 0 Å². The molecule has 1 heterocycles. The number of hydrogen-bond donors (Lipinski definition) is 2. The number of thiophene rings is 1. The van der Waals surface area contributed by atoms with Gasteiger partial charge in [-0.05, 0) is 31.0 Å². The smallest absolute Gasteiger partial charge is 0.241 e. The van der Waals surface area contributed by atoms with E-state index in [2.05, 4.69) is 4.72 Å². The van der Waals surface area contributed by atoms with Gasteiger partial charge in [0.05, 0.1) is 11.5 Å². The van der Waals surface area contributed by atoms with Crippen LogP contribution < -0.4 is 4.72 Å². The molecule has 0 fully saturated rings. The number of rotatable bonds is 6. The highest BCUT2D eigenvalue weighted by Gasteiger charge is 2.19. The number of aryl methyl sites for hydroxylation is 1. The first-order chi connectivity index (χ1) is 9.94. The minimum Gasteiger partial charge on any atom is -0.391 e. The largest absolute Gasteiger partial charge is 0.391 e. The van der Waals surface area contributed by atoms with Gasteiger partial charge in [0, 0.05) is 16.3 Å². The standard InChI is InChI=1S/C14H16FNO3S2/c1-10-14(8-12(9-17)20-10)21(18,19)16-7-6-11-4-2-3-5-13(11)15/h2-5,8,16-17H,6-7,9H2,1H3. The molecular formula is C14H16FNO3S2. The molecule has 0 saturated heterocycles. The zero-order chi connectivity index (χ0) is 15.5. The highest BCUT2D eigenvalue weighted by atomic mass is 32.2. The summed E-state index contributed by atoms with van der Waals surface area (Å²) in [5.41, 5.74) is 0.471. The first-order valence-electron chi connectivity index (χ1n) is 6.37. The van der Waals surface area contributed by atoms with Crippen LogP contribution in [0.3, 0.4) is 0 Å². The van der Waals surface area contributed by atoms with E-state index in [0.29, 0.717) is 15.3 Å². The van der Waals surface area contributed by atoms with Gasteiger partial charge in [0.25, 0.3) is 0 Å². The Morgan fingerprint density at radius 1 is 1.33 bits per heavy atom. The Labute approximate surface area is 127 Å². The Bertz CT molecular complexity index is 726. The molecule has 0 unspecified atom stereocenters. The van der Waals surface area contributed by atoms with Gasteiger partial charge in [0.1, 0.15) is 5.82 Å². The van der Waals surface area contributed by atoms with E-state index in [0.717, 1.165) is 0 Å². The first-order valence-corrected chi connectivity index (χ1v) is 8.67. The van der Waals surface area contributed by atoms with Crippen molar-refractivity contribution in [2.75, 3.05) is 6.54 Å². The van der Waals surface area contributed by atoms with Gasteiger partial charge >= 0.3 is 0 Å². The van der Waals surface area contributed by atoms with Crippen LogP contribution in [-0.4, -0.2) is 20.1 Å². The van der Waals surface area contributed by atoms with Crippen LogP contribution in [0.15, 0.2) is 35.2 Å². The first kappa shape index (κ1) is 16.1. The summed E-state index contributed by atoms with van der Waals surface area (Å²) < 4.78 is 40.3. The van der Waals surface area contributed by atoms with Gasteiger partial charge < -0.3 is 5.11 Å². The van der Waals surface area contributed by atoms with Gasteiger partial charge in [0.2, 0.25) is 10.0 Å². The third-order valence-electron chi connectivity index (χ3n) is 3.01. The van der Waals surface area contributed by atoms with Crippen molar-refractivity contribution in [3.63, 3.8) is 0 Å². The lowest BCUT2D eigenvalue weighted by Crippen LogP contribution is -2.26. The molecule has 2 N–H and O–H groups in total. The van der Waals surface area contributed by atoms with Crippen LogP contribution in [0.1, 0.15) is 15.3 Å². The van der Waals surface area contributed by atoms with Gasteiger partial charge in [-0.3, -0.25) is 0 Å². The summed E-state index contributed by atoms with van der Waals surface area (Å²) in [5.74, 6) is -0.342. The Balaban J connectivity index is 2.05. The minimum absolute atomic E-state index is 0.118. The average Bonchev–Trinajstić information content (AvgIpc) is 2.83. The molecule has 1 aromatic carbocycles. The van der Waals surface area contributed by atoms with Crippen LogP contribution in [0.2, 0.25) is 0 Å². The van der Waals surface area contributed by atoms with Crippen molar-refractivity contribution in [3.05, 3.63) is 51.5 Å². The second-order valence-corrected chi connectivity index (χ2v) is 7.61. The fourth-order valence-electron chi connectivity index (χ4n) is 1.97. The monoisotopic (exact) mass is 329 g/mol. The third-order valence-corrected chi connectivity index (χ3v) is 5.76. The normalized spacial score (nSPS) is 11.8. The van der Waals surface area contributed by atoms with Crippen molar-refractivity contribution in [1.82, 2.24) is 4.72 Å². The van der Waals surface area contributed by atoms with E-state index >= 15 is 0 Å². The van der Waals surface area contributed by atoms with E-state index in [-0.39, 0.29) is 30.3 Å². The van der Waals surface area contributed by atoms with Crippen LogP contribution >= 0.6 is 11.3 Å². The van der Waals surface area contributed by atoms with E-state index in [9.17, 15) is 12.8 Å². The quantitative estimate of drug-likeness (QED) is 0.854. The molecule has 4 nitrogen and oxygen atoms in total. The molecule has 0 radical (unpaired) electrons. The van der Waals surface area contributed by atoms with Crippen molar-refractivity contribution in [2.45, 2.75) is 24.8 Å². The summed E-state index contributed by atoms with van der Waals surface area (Å²) in [5, 5.41) is 9.05. The average molecular weight is 329 g/mol. The minimum atomic E-state index is -3.64. The fraction of sp³-hybridized carbons (Fsp3) is 0.286. The Morgan fingerprint density at radius 2 is 2.05 bits per heavy atom. The lowest BCUT2D eigenvalue weighted by molar-refractivity contribution is 0.285. The molecule has 0 saturated carbocycles. The second-order valence-electron chi connectivity index (χ2n) is 4.53. The third kappa shape index (κ3) is 3.88. The SMILES string of the molecule is Cc1sc(CO)cc1S(=O)(=O)NCCc1ccccc1F. The topological polar surface area (TPSA) is 66.4 Å². The molecule has 0 aliphatic rings. The highest BCUT2D eigenvalue weighted by Crippen LogP contribution is 2.25. The molecule has 2 rings (SSSR count). The molecule has 1 aromatic heterocycles. The lowest BCUT2D eigenvalue weighted by atomic mass is 10.1. The molecule has 21 heavy (non-hydrogen) atoms. The summed E-state index contributed by atoms with van der Waals surface area (Å²) in [7, 11) is -3.64. The summed E-state index contributed by atoms with van der Waals surface area (Å²) in [4.78, 5) is 1.39. The fourth-order valence-corrected chi connectivity index (χ4v) is 4.49. The maximum Gasteiger partial charge on any atom is 0.241 e. The number of sulfonamides is 1. The number of nitrogens with one attached hydrogen (secondary N) is 1. The molecule has 7 heteroatoms. The van der Waals surface area contributed by atoms with Gasteiger partial charge in [-0.25, -0.2) is 17.5 Å². The molecule has 114 valence electrons. The molecule has 0 amide bonds. The zero-order valence-electron chi connectivity index (χ0n) is 11.5. The number of aliphatic hydroxyl groups is 1. The molecule has 2 aromatic rings.